The molecule has 0 radical (unpaired) electrons. The van der Waals surface area contributed by atoms with Gasteiger partial charge in [0.25, 0.3) is 0 Å². The van der Waals surface area contributed by atoms with Crippen molar-refractivity contribution in [1.29, 1.82) is 0 Å². The van der Waals surface area contributed by atoms with Gasteiger partial charge in [-0.05, 0) is 12.5 Å². The van der Waals surface area contributed by atoms with E-state index in [1.54, 1.807) is 13.2 Å². The minimum absolute atomic E-state index is 0.405. The van der Waals surface area contributed by atoms with E-state index < -0.39 is 0 Å². The van der Waals surface area contributed by atoms with E-state index in [0.29, 0.717) is 18.7 Å². The Morgan fingerprint density at radius 2 is 2.55 bits per heavy atom. The Morgan fingerprint density at radius 1 is 1.73 bits per heavy atom. The third kappa shape index (κ3) is 1.91. The minimum atomic E-state index is 0.405. The average molecular weight is 154 g/mol. The smallest absolute Gasteiger partial charge is 0.185 e. The second-order valence-corrected chi connectivity index (χ2v) is 2.17. The van der Waals surface area contributed by atoms with Gasteiger partial charge in [0.2, 0.25) is 0 Å². The number of furan rings is 1. The van der Waals surface area contributed by atoms with Gasteiger partial charge in [-0.3, -0.25) is 4.79 Å². The third-order valence-electron chi connectivity index (χ3n) is 1.46. The molecule has 0 spiro atoms. The molecule has 1 aromatic rings. The van der Waals surface area contributed by atoms with Crippen molar-refractivity contribution in [3.8, 4) is 0 Å². The van der Waals surface area contributed by atoms with Gasteiger partial charge in [-0.2, -0.15) is 0 Å². The lowest BCUT2D eigenvalue weighted by Crippen LogP contribution is -1.95. The first kappa shape index (κ1) is 8.01. The van der Waals surface area contributed by atoms with Gasteiger partial charge < -0.3 is 9.15 Å². The highest BCUT2D eigenvalue weighted by Crippen LogP contribution is 2.08. The summed E-state index contributed by atoms with van der Waals surface area (Å²) in [5.41, 5.74) is 0.904. The molecule has 1 heterocycles. The molecule has 60 valence electrons. The zero-order valence-corrected chi connectivity index (χ0v) is 6.37. The van der Waals surface area contributed by atoms with Crippen molar-refractivity contribution in [2.45, 2.75) is 6.42 Å². The fraction of sp³-hybridized carbons (Fsp3) is 0.375. The van der Waals surface area contributed by atoms with E-state index in [1.165, 1.54) is 6.26 Å². The quantitative estimate of drug-likeness (QED) is 0.613. The summed E-state index contributed by atoms with van der Waals surface area (Å²) in [6.07, 6.45) is 2.95. The Hall–Kier alpha value is -1.09. The average Bonchev–Trinajstić information content (AvgIpc) is 2.47. The molecular formula is C8H10O3. The van der Waals surface area contributed by atoms with Gasteiger partial charge in [-0.25, -0.2) is 0 Å². The maximum atomic E-state index is 10.3. The van der Waals surface area contributed by atoms with Crippen LogP contribution in [0.2, 0.25) is 0 Å². The highest BCUT2D eigenvalue weighted by Gasteiger charge is 2.03. The topological polar surface area (TPSA) is 39.4 Å². The van der Waals surface area contributed by atoms with Gasteiger partial charge in [-0.15, -0.1) is 0 Å². The van der Waals surface area contributed by atoms with Gasteiger partial charge in [0.1, 0.15) is 0 Å². The molecule has 0 aliphatic heterocycles. The predicted octanol–water partition coefficient (Wildman–Crippen LogP) is 1.28. The Balaban J connectivity index is 2.61. The Kier molecular flexibility index (Phi) is 2.86. The van der Waals surface area contributed by atoms with Gasteiger partial charge in [0, 0.05) is 12.7 Å². The van der Waals surface area contributed by atoms with Gasteiger partial charge in [0.05, 0.1) is 12.9 Å². The Bertz CT molecular complexity index is 227. The first-order valence-electron chi connectivity index (χ1n) is 3.39. The molecule has 0 aliphatic rings. The zero-order valence-electron chi connectivity index (χ0n) is 6.37. The largest absolute Gasteiger partial charge is 0.461 e. The highest BCUT2D eigenvalue weighted by atomic mass is 16.5. The molecule has 1 rings (SSSR count). The zero-order chi connectivity index (χ0) is 8.10. The molecule has 0 atom stereocenters. The standard InChI is InChI=1S/C8H10O3/c1-10-4-2-7-3-5-11-8(7)6-9/h3,5-6H,2,4H2,1H3. The summed E-state index contributed by atoms with van der Waals surface area (Å²) in [6.45, 7) is 0.611. The summed E-state index contributed by atoms with van der Waals surface area (Å²) in [7, 11) is 1.63. The first-order chi connectivity index (χ1) is 5.38. The van der Waals surface area contributed by atoms with Crippen LogP contribution in [0.5, 0.6) is 0 Å². The number of carbonyl (C=O) groups is 1. The maximum Gasteiger partial charge on any atom is 0.185 e. The number of rotatable bonds is 4. The molecule has 0 unspecified atom stereocenters. The number of hydrogen-bond acceptors (Lipinski definition) is 3. The molecule has 3 nitrogen and oxygen atoms in total. The Labute approximate surface area is 65.0 Å². The number of hydrogen-bond donors (Lipinski definition) is 0. The van der Waals surface area contributed by atoms with E-state index in [1.807, 2.05) is 0 Å². The molecule has 0 aromatic carbocycles. The SMILES string of the molecule is COCCc1ccoc1C=O. The third-order valence-corrected chi connectivity index (χ3v) is 1.46. The van der Waals surface area contributed by atoms with Crippen LogP contribution in [0.4, 0.5) is 0 Å². The summed E-state index contributed by atoms with van der Waals surface area (Å²) < 4.78 is 9.74. The molecule has 0 fully saturated rings. The van der Waals surface area contributed by atoms with Crippen molar-refractivity contribution >= 4 is 6.29 Å². The van der Waals surface area contributed by atoms with E-state index in [-0.39, 0.29) is 0 Å². The molecule has 11 heavy (non-hydrogen) atoms. The molecule has 0 saturated carbocycles. The highest BCUT2D eigenvalue weighted by molar-refractivity contribution is 5.72. The summed E-state index contributed by atoms with van der Waals surface area (Å²) in [5.74, 6) is 0.405. The summed E-state index contributed by atoms with van der Waals surface area (Å²) in [6, 6.07) is 1.78. The van der Waals surface area contributed by atoms with Gasteiger partial charge in [0.15, 0.2) is 12.0 Å². The van der Waals surface area contributed by atoms with E-state index in [9.17, 15) is 4.79 Å². The van der Waals surface area contributed by atoms with Crippen molar-refractivity contribution < 1.29 is 13.9 Å². The van der Waals surface area contributed by atoms with E-state index >= 15 is 0 Å². The van der Waals surface area contributed by atoms with Crippen LogP contribution < -0.4 is 0 Å². The van der Waals surface area contributed by atoms with Crippen molar-refractivity contribution in [3.05, 3.63) is 23.7 Å². The summed E-state index contributed by atoms with van der Waals surface area (Å²) in [5, 5.41) is 0. The van der Waals surface area contributed by atoms with Crippen LogP contribution in [0.15, 0.2) is 16.7 Å². The lowest BCUT2D eigenvalue weighted by atomic mass is 10.2. The molecule has 1 aromatic heterocycles. The van der Waals surface area contributed by atoms with Crippen molar-refractivity contribution in [1.82, 2.24) is 0 Å². The van der Waals surface area contributed by atoms with Crippen LogP contribution in [-0.4, -0.2) is 20.0 Å². The number of carbonyl (C=O) groups excluding carboxylic acids is 1. The van der Waals surface area contributed by atoms with Crippen LogP contribution >= 0.6 is 0 Å². The van der Waals surface area contributed by atoms with Gasteiger partial charge in [-0.1, -0.05) is 0 Å². The molecule has 0 N–H and O–H groups in total. The number of ether oxygens (including phenoxy) is 1. The molecule has 0 saturated heterocycles. The van der Waals surface area contributed by atoms with E-state index in [0.717, 1.165) is 12.0 Å². The first-order valence-corrected chi connectivity index (χ1v) is 3.39. The van der Waals surface area contributed by atoms with Crippen molar-refractivity contribution in [3.63, 3.8) is 0 Å². The van der Waals surface area contributed by atoms with Crippen LogP contribution in [0.1, 0.15) is 16.1 Å². The molecular weight excluding hydrogens is 144 g/mol. The predicted molar refractivity (Wildman–Crippen MR) is 39.7 cm³/mol. The molecule has 3 heteroatoms. The van der Waals surface area contributed by atoms with Crippen molar-refractivity contribution in [2.24, 2.45) is 0 Å². The lowest BCUT2D eigenvalue weighted by Gasteiger charge is -1.94. The monoisotopic (exact) mass is 154 g/mol. The fourth-order valence-electron chi connectivity index (χ4n) is 0.869. The summed E-state index contributed by atoms with van der Waals surface area (Å²) in [4.78, 5) is 10.3. The van der Waals surface area contributed by atoms with Gasteiger partial charge >= 0.3 is 0 Å². The van der Waals surface area contributed by atoms with Crippen LogP contribution in [0, 0.1) is 0 Å². The molecule has 0 aliphatic carbocycles. The Morgan fingerprint density at radius 3 is 3.18 bits per heavy atom. The van der Waals surface area contributed by atoms with Crippen LogP contribution in [0.3, 0.4) is 0 Å². The van der Waals surface area contributed by atoms with Crippen LogP contribution in [-0.2, 0) is 11.2 Å². The van der Waals surface area contributed by atoms with E-state index in [2.05, 4.69) is 0 Å². The number of aldehydes is 1. The van der Waals surface area contributed by atoms with E-state index in [4.69, 9.17) is 9.15 Å². The number of methoxy groups -OCH3 is 1. The second kappa shape index (κ2) is 3.93. The fourth-order valence-corrected chi connectivity index (χ4v) is 0.869. The molecule has 0 bridgehead atoms. The van der Waals surface area contributed by atoms with Crippen molar-refractivity contribution in [2.75, 3.05) is 13.7 Å². The molecule has 0 amide bonds. The van der Waals surface area contributed by atoms with Crippen LogP contribution in [0.25, 0.3) is 0 Å². The minimum Gasteiger partial charge on any atom is -0.461 e. The summed E-state index contributed by atoms with van der Waals surface area (Å²) >= 11 is 0. The normalized spacial score (nSPS) is 9.91. The second-order valence-electron chi connectivity index (χ2n) is 2.17. The lowest BCUT2D eigenvalue weighted by molar-refractivity contribution is 0.109. The maximum absolute atomic E-state index is 10.3.